The van der Waals surface area contributed by atoms with Crippen molar-refractivity contribution in [1.29, 1.82) is 0 Å². The Balaban J connectivity index is 1.45. The molecular weight excluding hydrogens is 388 g/mol. The second-order valence-corrected chi connectivity index (χ2v) is 7.84. The van der Waals surface area contributed by atoms with Crippen LogP contribution in [0.15, 0.2) is 53.4 Å². The normalized spacial score (nSPS) is 14.9. The van der Waals surface area contributed by atoms with E-state index in [1.165, 1.54) is 11.8 Å². The van der Waals surface area contributed by atoms with E-state index in [-0.39, 0.29) is 11.7 Å². The summed E-state index contributed by atoms with van der Waals surface area (Å²) in [5, 5.41) is 2.79. The average Bonchev–Trinajstić information content (AvgIpc) is 2.74. The number of morpholine rings is 1. The van der Waals surface area contributed by atoms with Gasteiger partial charge in [0.25, 0.3) is 5.91 Å². The molecule has 7 heteroatoms. The number of aryl methyl sites for hydroxylation is 1. The summed E-state index contributed by atoms with van der Waals surface area (Å²) in [6.45, 7) is 6.74. The number of hydrogen-bond donors (Lipinski definition) is 1. The molecule has 2 aromatic rings. The van der Waals surface area contributed by atoms with Crippen molar-refractivity contribution in [3.05, 3.63) is 54.1 Å². The molecule has 6 nitrogen and oxygen atoms in total. The van der Waals surface area contributed by atoms with Crippen LogP contribution < -0.4 is 10.2 Å². The maximum Gasteiger partial charge on any atom is 0.317 e. The first-order valence-electron chi connectivity index (χ1n) is 9.64. The Kier molecular flexibility index (Phi) is 7.55. The highest BCUT2D eigenvalue weighted by Gasteiger charge is 2.18. The van der Waals surface area contributed by atoms with Gasteiger partial charge in [0, 0.05) is 29.4 Å². The predicted octanol–water partition coefficient (Wildman–Crippen LogP) is 3.49. The number of anilines is 2. The van der Waals surface area contributed by atoms with Gasteiger partial charge in [-0.3, -0.25) is 9.59 Å². The number of carbonyl (C=O) groups excluding carboxylic acids is 2. The minimum absolute atomic E-state index is 0.163. The molecule has 1 saturated heterocycles. The Bertz CT molecular complexity index is 835. The Labute approximate surface area is 175 Å². The van der Waals surface area contributed by atoms with Crippen molar-refractivity contribution in [2.75, 3.05) is 42.3 Å². The molecule has 0 aliphatic carbocycles. The number of ether oxygens (including phenoxy) is 2. The maximum absolute atomic E-state index is 12.3. The summed E-state index contributed by atoms with van der Waals surface area (Å²) in [5.74, 6) is -0.599. The van der Waals surface area contributed by atoms with Gasteiger partial charge in [-0.1, -0.05) is 18.2 Å². The summed E-state index contributed by atoms with van der Waals surface area (Å²) in [6.07, 6.45) is -0.862. The van der Waals surface area contributed by atoms with Gasteiger partial charge in [-0.15, -0.1) is 11.8 Å². The van der Waals surface area contributed by atoms with Gasteiger partial charge in [0.05, 0.1) is 19.0 Å². The minimum Gasteiger partial charge on any atom is -0.452 e. The number of nitrogens with one attached hydrogen (secondary N) is 1. The van der Waals surface area contributed by atoms with Gasteiger partial charge in [0.15, 0.2) is 6.10 Å². The fraction of sp³-hybridized carbons (Fsp3) is 0.364. The molecule has 2 aromatic carbocycles. The smallest absolute Gasteiger partial charge is 0.317 e. The van der Waals surface area contributed by atoms with Gasteiger partial charge in [-0.2, -0.15) is 0 Å². The standard InChI is InChI=1S/C22H26N2O4S/c1-16-5-3-4-6-20(16)29-15-21(25)28-17(2)22(26)23-18-7-9-19(10-8-18)24-11-13-27-14-12-24/h3-10,17H,11-15H2,1-2H3,(H,23,26)/t17-/m0/s1. The Morgan fingerprint density at radius 3 is 2.52 bits per heavy atom. The zero-order valence-electron chi connectivity index (χ0n) is 16.7. The summed E-state index contributed by atoms with van der Waals surface area (Å²) < 4.78 is 10.6. The van der Waals surface area contributed by atoms with E-state index in [4.69, 9.17) is 9.47 Å². The van der Waals surface area contributed by atoms with Crippen molar-refractivity contribution < 1.29 is 19.1 Å². The zero-order valence-corrected chi connectivity index (χ0v) is 17.5. The second kappa shape index (κ2) is 10.3. The maximum atomic E-state index is 12.3. The molecule has 1 amide bonds. The van der Waals surface area contributed by atoms with E-state index < -0.39 is 12.1 Å². The van der Waals surface area contributed by atoms with Gasteiger partial charge in [0.1, 0.15) is 0 Å². The van der Waals surface area contributed by atoms with Crippen LogP contribution in [0.2, 0.25) is 0 Å². The molecule has 1 aliphatic heterocycles. The summed E-state index contributed by atoms with van der Waals surface area (Å²) in [4.78, 5) is 27.7. The van der Waals surface area contributed by atoms with Gasteiger partial charge in [0.2, 0.25) is 0 Å². The lowest BCUT2D eigenvalue weighted by Crippen LogP contribution is -2.36. The predicted molar refractivity (Wildman–Crippen MR) is 116 cm³/mol. The average molecular weight is 415 g/mol. The van der Waals surface area contributed by atoms with Crippen LogP contribution in [-0.2, 0) is 19.1 Å². The van der Waals surface area contributed by atoms with Crippen molar-refractivity contribution in [1.82, 2.24) is 0 Å². The molecule has 1 N–H and O–H groups in total. The molecule has 1 atom stereocenters. The molecule has 154 valence electrons. The van der Waals surface area contributed by atoms with E-state index >= 15 is 0 Å². The largest absolute Gasteiger partial charge is 0.452 e. The van der Waals surface area contributed by atoms with Crippen LogP contribution in [0.4, 0.5) is 11.4 Å². The Hall–Kier alpha value is -2.51. The molecule has 0 unspecified atom stereocenters. The number of nitrogens with zero attached hydrogens (tertiary/aromatic N) is 1. The number of hydrogen-bond acceptors (Lipinski definition) is 6. The van der Waals surface area contributed by atoms with Crippen LogP contribution in [0.1, 0.15) is 12.5 Å². The van der Waals surface area contributed by atoms with Gasteiger partial charge in [-0.25, -0.2) is 0 Å². The lowest BCUT2D eigenvalue weighted by atomic mass is 10.2. The molecule has 1 aliphatic rings. The van der Waals surface area contributed by atoms with E-state index in [2.05, 4.69) is 10.2 Å². The molecular formula is C22H26N2O4S. The minimum atomic E-state index is -0.862. The quantitative estimate of drug-likeness (QED) is 0.553. The van der Waals surface area contributed by atoms with E-state index in [1.54, 1.807) is 6.92 Å². The number of thioether (sulfide) groups is 1. The molecule has 0 radical (unpaired) electrons. The van der Waals surface area contributed by atoms with E-state index in [9.17, 15) is 9.59 Å². The monoisotopic (exact) mass is 414 g/mol. The number of carbonyl (C=O) groups is 2. The van der Waals surface area contributed by atoms with Crippen molar-refractivity contribution in [3.63, 3.8) is 0 Å². The summed E-state index contributed by atoms with van der Waals surface area (Å²) in [6, 6.07) is 15.5. The molecule has 0 saturated carbocycles. The summed E-state index contributed by atoms with van der Waals surface area (Å²) in [5.41, 5.74) is 2.87. The lowest BCUT2D eigenvalue weighted by Gasteiger charge is -2.28. The molecule has 3 rings (SSSR count). The number of esters is 1. The first kappa shape index (κ1) is 21.2. The number of amides is 1. The topological polar surface area (TPSA) is 67.9 Å². The van der Waals surface area contributed by atoms with Crippen LogP contribution >= 0.6 is 11.8 Å². The van der Waals surface area contributed by atoms with E-state index in [0.717, 1.165) is 42.4 Å². The molecule has 1 fully saturated rings. The Morgan fingerprint density at radius 2 is 1.83 bits per heavy atom. The van der Waals surface area contributed by atoms with Crippen LogP contribution in [0, 0.1) is 6.92 Å². The van der Waals surface area contributed by atoms with Crippen LogP contribution in [0.3, 0.4) is 0 Å². The van der Waals surface area contributed by atoms with Gasteiger partial charge < -0.3 is 19.7 Å². The fourth-order valence-corrected chi connectivity index (χ4v) is 3.77. The summed E-state index contributed by atoms with van der Waals surface area (Å²) >= 11 is 1.41. The molecule has 0 bridgehead atoms. The highest BCUT2D eigenvalue weighted by atomic mass is 32.2. The van der Waals surface area contributed by atoms with Crippen molar-refractivity contribution in [3.8, 4) is 0 Å². The first-order valence-corrected chi connectivity index (χ1v) is 10.6. The lowest BCUT2D eigenvalue weighted by molar-refractivity contribution is -0.150. The highest BCUT2D eigenvalue weighted by Crippen LogP contribution is 2.22. The fourth-order valence-electron chi connectivity index (χ4n) is 2.96. The van der Waals surface area contributed by atoms with Crippen molar-refractivity contribution >= 4 is 35.0 Å². The second-order valence-electron chi connectivity index (χ2n) is 6.82. The van der Waals surface area contributed by atoms with Crippen molar-refractivity contribution in [2.45, 2.75) is 24.8 Å². The Morgan fingerprint density at radius 1 is 1.14 bits per heavy atom. The van der Waals surface area contributed by atoms with Crippen LogP contribution in [0.25, 0.3) is 0 Å². The van der Waals surface area contributed by atoms with Gasteiger partial charge in [-0.05, 0) is 49.7 Å². The molecule has 29 heavy (non-hydrogen) atoms. The first-order chi connectivity index (χ1) is 14.0. The van der Waals surface area contributed by atoms with Crippen LogP contribution in [0.5, 0.6) is 0 Å². The third-order valence-corrected chi connectivity index (χ3v) is 5.78. The van der Waals surface area contributed by atoms with Crippen LogP contribution in [-0.4, -0.2) is 50.0 Å². The number of benzene rings is 2. The van der Waals surface area contributed by atoms with Gasteiger partial charge >= 0.3 is 5.97 Å². The third kappa shape index (κ3) is 6.24. The van der Waals surface area contributed by atoms with Crippen molar-refractivity contribution in [2.24, 2.45) is 0 Å². The third-order valence-electron chi connectivity index (χ3n) is 4.63. The van der Waals surface area contributed by atoms with E-state index in [1.807, 2.05) is 55.5 Å². The van der Waals surface area contributed by atoms with E-state index in [0.29, 0.717) is 5.69 Å². The highest BCUT2D eigenvalue weighted by molar-refractivity contribution is 8.00. The zero-order chi connectivity index (χ0) is 20.6. The number of rotatable bonds is 7. The molecule has 1 heterocycles. The summed E-state index contributed by atoms with van der Waals surface area (Å²) in [7, 11) is 0. The molecule has 0 aromatic heterocycles. The molecule has 0 spiro atoms. The SMILES string of the molecule is Cc1ccccc1SCC(=O)O[C@@H](C)C(=O)Nc1ccc(N2CCOCC2)cc1.